The summed E-state index contributed by atoms with van der Waals surface area (Å²) >= 11 is 0. The molecule has 2 N–H and O–H groups in total. The van der Waals surface area contributed by atoms with Gasteiger partial charge in [-0.2, -0.15) is 5.10 Å². The summed E-state index contributed by atoms with van der Waals surface area (Å²) in [5, 5.41) is 9.75. The lowest BCUT2D eigenvalue weighted by atomic mass is 10.1. The van der Waals surface area contributed by atoms with Crippen molar-refractivity contribution in [1.82, 2.24) is 15.1 Å². The van der Waals surface area contributed by atoms with Crippen LogP contribution in [0.15, 0.2) is 12.3 Å². The molecule has 1 aromatic rings. The summed E-state index contributed by atoms with van der Waals surface area (Å²) in [7, 11) is 3.64. The highest BCUT2D eigenvalue weighted by molar-refractivity contribution is 5.91. The van der Waals surface area contributed by atoms with E-state index in [1.165, 1.54) is 0 Å². The van der Waals surface area contributed by atoms with Gasteiger partial charge in [0.1, 0.15) is 0 Å². The zero-order valence-electron chi connectivity index (χ0n) is 8.74. The molecule has 5 nitrogen and oxygen atoms in total. The summed E-state index contributed by atoms with van der Waals surface area (Å²) < 4.78 is 1.65. The Bertz CT molecular complexity index is 308. The predicted octanol–water partition coefficient (Wildman–Crippen LogP) is 0.214. The highest BCUT2D eigenvalue weighted by Gasteiger charge is 2.12. The van der Waals surface area contributed by atoms with E-state index in [1.54, 1.807) is 16.9 Å². The third-order valence-electron chi connectivity index (χ3n) is 1.92. The Balaban J connectivity index is 2.48. The minimum atomic E-state index is -0.0537. The van der Waals surface area contributed by atoms with Crippen molar-refractivity contribution in [2.75, 3.05) is 18.9 Å². The van der Waals surface area contributed by atoms with Gasteiger partial charge in [-0.3, -0.25) is 9.48 Å². The second kappa shape index (κ2) is 4.76. The van der Waals surface area contributed by atoms with Crippen LogP contribution in [0.2, 0.25) is 0 Å². The lowest BCUT2D eigenvalue weighted by Gasteiger charge is -2.09. The molecule has 0 saturated heterocycles. The van der Waals surface area contributed by atoms with E-state index in [0.29, 0.717) is 12.4 Å². The Hall–Kier alpha value is -1.36. The number of hydrogen-bond acceptors (Lipinski definition) is 3. The number of nitrogens with zero attached hydrogens (tertiary/aromatic N) is 2. The first kappa shape index (κ1) is 10.7. The first-order chi connectivity index (χ1) is 6.63. The van der Waals surface area contributed by atoms with E-state index < -0.39 is 0 Å². The second-order valence-electron chi connectivity index (χ2n) is 3.32. The van der Waals surface area contributed by atoms with E-state index in [2.05, 4.69) is 15.7 Å². The second-order valence-corrected chi connectivity index (χ2v) is 3.32. The Morgan fingerprint density at radius 1 is 1.71 bits per heavy atom. The smallest absolute Gasteiger partial charge is 0.229 e. The average molecular weight is 196 g/mol. The number of rotatable bonds is 4. The molecule has 1 rings (SSSR count). The number of anilines is 1. The monoisotopic (exact) mass is 196 g/mol. The maximum Gasteiger partial charge on any atom is 0.229 e. The fourth-order valence-corrected chi connectivity index (χ4v) is 1.13. The third-order valence-corrected chi connectivity index (χ3v) is 1.92. The van der Waals surface area contributed by atoms with Crippen LogP contribution in [-0.2, 0) is 11.8 Å². The van der Waals surface area contributed by atoms with Gasteiger partial charge in [-0.25, -0.2) is 0 Å². The summed E-state index contributed by atoms with van der Waals surface area (Å²) in [6.45, 7) is 2.54. The molecule has 1 aromatic heterocycles. The minimum absolute atomic E-state index is 0.0157. The summed E-state index contributed by atoms with van der Waals surface area (Å²) in [5.41, 5.74) is 0. The van der Waals surface area contributed by atoms with Crippen LogP contribution in [0.3, 0.4) is 0 Å². The van der Waals surface area contributed by atoms with Crippen molar-refractivity contribution >= 4 is 11.7 Å². The molecule has 0 saturated carbocycles. The molecule has 78 valence electrons. The highest BCUT2D eigenvalue weighted by atomic mass is 16.1. The van der Waals surface area contributed by atoms with Gasteiger partial charge in [-0.15, -0.1) is 0 Å². The van der Waals surface area contributed by atoms with Gasteiger partial charge in [0, 0.05) is 31.8 Å². The van der Waals surface area contributed by atoms with E-state index >= 15 is 0 Å². The number of hydrogen-bond donors (Lipinski definition) is 2. The molecule has 5 heteroatoms. The summed E-state index contributed by atoms with van der Waals surface area (Å²) in [6, 6.07) is 1.77. The van der Waals surface area contributed by atoms with Crippen molar-refractivity contribution in [1.29, 1.82) is 0 Å². The van der Waals surface area contributed by atoms with Gasteiger partial charge in [-0.05, 0) is 7.05 Å². The van der Waals surface area contributed by atoms with Gasteiger partial charge in [0.15, 0.2) is 5.82 Å². The molecule has 0 spiro atoms. The van der Waals surface area contributed by atoms with E-state index in [4.69, 9.17) is 0 Å². The van der Waals surface area contributed by atoms with Crippen LogP contribution in [-0.4, -0.2) is 29.3 Å². The molecule has 0 aromatic carbocycles. The van der Waals surface area contributed by atoms with Gasteiger partial charge in [-0.1, -0.05) is 6.92 Å². The number of carbonyl (C=O) groups is 1. The fourth-order valence-electron chi connectivity index (χ4n) is 1.13. The largest absolute Gasteiger partial charge is 0.319 e. The molecule has 1 atom stereocenters. The van der Waals surface area contributed by atoms with Crippen molar-refractivity contribution in [3.8, 4) is 0 Å². The van der Waals surface area contributed by atoms with Crippen molar-refractivity contribution in [3.05, 3.63) is 12.3 Å². The van der Waals surface area contributed by atoms with Gasteiger partial charge in [0.2, 0.25) is 5.91 Å². The molecule has 14 heavy (non-hydrogen) atoms. The molecular formula is C9H16N4O. The molecule has 0 fully saturated rings. The van der Waals surface area contributed by atoms with E-state index in [-0.39, 0.29) is 11.8 Å². The van der Waals surface area contributed by atoms with Gasteiger partial charge < -0.3 is 10.6 Å². The lowest BCUT2D eigenvalue weighted by Crippen LogP contribution is -2.28. The van der Waals surface area contributed by atoms with E-state index in [0.717, 1.165) is 0 Å². The summed E-state index contributed by atoms with van der Waals surface area (Å²) in [6.07, 6.45) is 1.79. The topological polar surface area (TPSA) is 59.0 Å². The van der Waals surface area contributed by atoms with E-state index in [9.17, 15) is 4.79 Å². The molecule has 0 aliphatic heterocycles. The zero-order chi connectivity index (χ0) is 10.6. The van der Waals surface area contributed by atoms with Gasteiger partial charge >= 0.3 is 0 Å². The normalized spacial score (nSPS) is 12.5. The first-order valence-electron chi connectivity index (χ1n) is 4.58. The van der Waals surface area contributed by atoms with Gasteiger partial charge in [0.25, 0.3) is 0 Å². The molecule has 1 heterocycles. The molecule has 1 unspecified atom stereocenters. The number of aryl methyl sites for hydroxylation is 1. The Labute approximate surface area is 83.5 Å². The van der Waals surface area contributed by atoms with E-state index in [1.807, 2.05) is 21.0 Å². The van der Waals surface area contributed by atoms with Crippen molar-refractivity contribution < 1.29 is 4.79 Å². The third kappa shape index (κ3) is 2.85. The lowest BCUT2D eigenvalue weighted by molar-refractivity contribution is -0.119. The minimum Gasteiger partial charge on any atom is -0.319 e. The average Bonchev–Trinajstić information content (AvgIpc) is 2.51. The molecule has 0 radical (unpaired) electrons. The standard InChI is InChI=1S/C9H16N4O/c1-7(6-10-2)9(14)11-8-4-5-13(3)12-8/h4-5,7,10H,6H2,1-3H3,(H,11,12,14). The Morgan fingerprint density at radius 3 is 2.93 bits per heavy atom. The zero-order valence-corrected chi connectivity index (χ0v) is 8.74. The van der Waals surface area contributed by atoms with Crippen LogP contribution in [0.5, 0.6) is 0 Å². The van der Waals surface area contributed by atoms with Crippen LogP contribution in [0.25, 0.3) is 0 Å². The Kier molecular flexibility index (Phi) is 3.64. The molecule has 0 bridgehead atoms. The van der Waals surface area contributed by atoms with Gasteiger partial charge in [0.05, 0.1) is 0 Å². The highest BCUT2D eigenvalue weighted by Crippen LogP contribution is 2.03. The predicted molar refractivity (Wildman–Crippen MR) is 54.9 cm³/mol. The maximum atomic E-state index is 11.5. The summed E-state index contributed by atoms with van der Waals surface area (Å²) in [4.78, 5) is 11.5. The first-order valence-corrected chi connectivity index (χ1v) is 4.58. The van der Waals surface area contributed by atoms with Crippen LogP contribution in [0.4, 0.5) is 5.82 Å². The quantitative estimate of drug-likeness (QED) is 0.724. The van der Waals surface area contributed by atoms with Crippen LogP contribution in [0.1, 0.15) is 6.92 Å². The fraction of sp³-hybridized carbons (Fsp3) is 0.556. The molecular weight excluding hydrogens is 180 g/mol. The number of carbonyl (C=O) groups excluding carboxylic acids is 1. The number of aromatic nitrogens is 2. The maximum absolute atomic E-state index is 11.5. The van der Waals surface area contributed by atoms with Crippen LogP contribution >= 0.6 is 0 Å². The Morgan fingerprint density at radius 2 is 2.43 bits per heavy atom. The van der Waals surface area contributed by atoms with Crippen molar-refractivity contribution in [3.63, 3.8) is 0 Å². The number of nitrogens with one attached hydrogen (secondary N) is 2. The summed E-state index contributed by atoms with van der Waals surface area (Å²) in [5.74, 6) is 0.528. The van der Waals surface area contributed by atoms with Crippen molar-refractivity contribution in [2.24, 2.45) is 13.0 Å². The van der Waals surface area contributed by atoms with Crippen LogP contribution < -0.4 is 10.6 Å². The molecule has 0 aliphatic rings. The SMILES string of the molecule is CNCC(C)C(=O)Nc1ccn(C)n1. The number of amides is 1. The molecule has 1 amide bonds. The van der Waals surface area contributed by atoms with Crippen LogP contribution in [0, 0.1) is 5.92 Å². The molecule has 0 aliphatic carbocycles. The van der Waals surface area contributed by atoms with Crippen molar-refractivity contribution in [2.45, 2.75) is 6.92 Å².